The topological polar surface area (TPSA) is 134 Å². The van der Waals surface area contributed by atoms with Gasteiger partial charge in [-0.2, -0.15) is 0 Å². The van der Waals surface area contributed by atoms with Gasteiger partial charge in [-0.1, -0.05) is 13.8 Å². The second kappa shape index (κ2) is 10.7. The van der Waals surface area contributed by atoms with Crippen LogP contribution < -0.4 is 16.0 Å². The number of carbonyl (C=O) groups is 5. The van der Waals surface area contributed by atoms with Crippen LogP contribution in [0.1, 0.15) is 51.4 Å². The van der Waals surface area contributed by atoms with Crippen molar-refractivity contribution in [3.63, 3.8) is 0 Å². The zero-order valence-corrected chi connectivity index (χ0v) is 19.0. The normalized spacial score (nSPS) is 16.6. The highest BCUT2D eigenvalue weighted by molar-refractivity contribution is 6.11. The fourth-order valence-corrected chi connectivity index (χ4v) is 3.57. The molecule has 4 amide bonds. The molecule has 10 nitrogen and oxygen atoms in total. The predicted molar refractivity (Wildman–Crippen MR) is 118 cm³/mol. The van der Waals surface area contributed by atoms with E-state index >= 15 is 0 Å². The maximum absolute atomic E-state index is 13.4. The van der Waals surface area contributed by atoms with Crippen molar-refractivity contribution >= 4 is 41.0 Å². The summed E-state index contributed by atoms with van der Waals surface area (Å²) in [6.07, 6.45) is -0.00939. The van der Waals surface area contributed by atoms with E-state index in [9.17, 15) is 24.0 Å². The number of hydrogen-bond donors (Lipinski definition) is 3. The van der Waals surface area contributed by atoms with E-state index in [1.165, 1.54) is 17.9 Å². The van der Waals surface area contributed by atoms with Gasteiger partial charge in [-0.05, 0) is 38.0 Å². The molecule has 174 valence electrons. The number of hydrogen-bond acceptors (Lipinski definition) is 6. The molecule has 1 aliphatic rings. The first-order chi connectivity index (χ1) is 15.0. The number of anilines is 2. The van der Waals surface area contributed by atoms with Gasteiger partial charge in [0.05, 0.1) is 24.3 Å². The smallest absolute Gasteiger partial charge is 0.307 e. The van der Waals surface area contributed by atoms with E-state index in [4.69, 9.17) is 4.74 Å². The Morgan fingerprint density at radius 1 is 1.19 bits per heavy atom. The molecule has 32 heavy (non-hydrogen) atoms. The molecule has 0 fully saturated rings. The summed E-state index contributed by atoms with van der Waals surface area (Å²) in [5, 5.41) is 8.02. The molecule has 0 bridgehead atoms. The van der Waals surface area contributed by atoms with Crippen LogP contribution >= 0.6 is 0 Å². The fourth-order valence-electron chi connectivity index (χ4n) is 3.57. The second-order valence-electron chi connectivity index (χ2n) is 8.03. The lowest BCUT2D eigenvalue weighted by atomic mass is 10.0. The van der Waals surface area contributed by atoms with Gasteiger partial charge in [-0.15, -0.1) is 0 Å². The number of ether oxygens (including phenoxy) is 1. The van der Waals surface area contributed by atoms with Crippen molar-refractivity contribution in [2.45, 2.75) is 53.1 Å². The molecule has 2 atom stereocenters. The third-order valence-corrected chi connectivity index (χ3v) is 4.82. The summed E-state index contributed by atoms with van der Waals surface area (Å²) in [5.41, 5.74) is 0.868. The zero-order chi connectivity index (χ0) is 24.0. The molecular formula is C22H30N4O6. The van der Waals surface area contributed by atoms with Crippen molar-refractivity contribution in [3.8, 4) is 0 Å². The first kappa shape index (κ1) is 24.8. The van der Waals surface area contributed by atoms with Crippen LogP contribution in [-0.2, 0) is 23.9 Å². The van der Waals surface area contributed by atoms with Gasteiger partial charge in [0.1, 0.15) is 12.6 Å². The third-order valence-electron chi connectivity index (χ3n) is 4.82. The summed E-state index contributed by atoms with van der Waals surface area (Å²) in [6, 6.07) is 3.20. The van der Waals surface area contributed by atoms with Crippen molar-refractivity contribution in [2.75, 3.05) is 23.8 Å². The van der Waals surface area contributed by atoms with Gasteiger partial charge in [0.25, 0.3) is 5.91 Å². The molecule has 0 radical (unpaired) electrons. The van der Waals surface area contributed by atoms with E-state index in [-0.39, 0.29) is 37.0 Å². The number of fused-ring (bicyclic) bond motifs is 1. The number of carbonyl (C=O) groups excluding carboxylic acids is 5. The second-order valence-corrected chi connectivity index (χ2v) is 8.03. The summed E-state index contributed by atoms with van der Waals surface area (Å²) < 4.78 is 4.88. The molecule has 0 saturated carbocycles. The molecule has 1 aromatic carbocycles. The minimum Gasteiger partial charge on any atom is -0.466 e. The molecule has 2 rings (SSSR count). The molecular weight excluding hydrogens is 416 g/mol. The Balaban J connectivity index is 2.28. The third kappa shape index (κ3) is 6.29. The summed E-state index contributed by atoms with van der Waals surface area (Å²) in [5.74, 6) is -2.45. The molecule has 1 heterocycles. The van der Waals surface area contributed by atoms with Crippen LogP contribution in [-0.4, -0.2) is 59.7 Å². The Morgan fingerprint density at radius 3 is 2.47 bits per heavy atom. The van der Waals surface area contributed by atoms with E-state index in [0.717, 1.165) is 0 Å². The summed E-state index contributed by atoms with van der Waals surface area (Å²) in [4.78, 5) is 63.2. The molecule has 10 heteroatoms. The number of nitrogens with one attached hydrogen (secondary N) is 3. The number of esters is 1. The van der Waals surface area contributed by atoms with Crippen molar-refractivity contribution in [3.05, 3.63) is 23.8 Å². The lowest BCUT2D eigenvalue weighted by Crippen LogP contribution is -2.52. The van der Waals surface area contributed by atoms with Crippen molar-refractivity contribution in [2.24, 2.45) is 5.92 Å². The Labute approximate surface area is 187 Å². The highest BCUT2D eigenvalue weighted by Gasteiger charge is 2.38. The molecule has 0 aliphatic carbocycles. The largest absolute Gasteiger partial charge is 0.466 e. The molecule has 1 aliphatic heterocycles. The maximum Gasteiger partial charge on any atom is 0.307 e. The molecule has 0 aromatic heterocycles. The Bertz CT molecular complexity index is 914. The standard InChI is InChI=1S/C22H30N4O6/c1-6-32-19(29)9-13(4)23-18(28)11-26-20(12(2)3)21(30)25-17-8-7-15(24-14(5)27)10-16(17)22(26)31/h7-8,10,12-13,20H,6,9,11H2,1-5H3,(H,23,28)(H,24,27)(H,25,30)/t13-,20+/m1/s1. The lowest BCUT2D eigenvalue weighted by molar-refractivity contribution is -0.143. The summed E-state index contributed by atoms with van der Waals surface area (Å²) in [7, 11) is 0. The molecule has 0 saturated heterocycles. The van der Waals surface area contributed by atoms with Crippen LogP contribution in [0.2, 0.25) is 0 Å². The maximum atomic E-state index is 13.4. The van der Waals surface area contributed by atoms with Crippen LogP contribution in [0.3, 0.4) is 0 Å². The highest BCUT2D eigenvalue weighted by atomic mass is 16.5. The Kier molecular flexibility index (Phi) is 8.34. The number of amides is 4. The predicted octanol–water partition coefficient (Wildman–Crippen LogP) is 1.52. The average molecular weight is 447 g/mol. The van der Waals surface area contributed by atoms with Gasteiger partial charge in [0.2, 0.25) is 17.7 Å². The van der Waals surface area contributed by atoms with Gasteiger partial charge >= 0.3 is 5.97 Å². The van der Waals surface area contributed by atoms with E-state index in [1.54, 1.807) is 39.8 Å². The molecule has 0 unspecified atom stereocenters. The summed E-state index contributed by atoms with van der Waals surface area (Å²) in [6.45, 7) is 8.13. The van der Waals surface area contributed by atoms with E-state index in [1.807, 2.05) is 0 Å². The van der Waals surface area contributed by atoms with Crippen LogP contribution in [0.25, 0.3) is 0 Å². The van der Waals surface area contributed by atoms with Crippen molar-refractivity contribution in [1.82, 2.24) is 10.2 Å². The Hall–Kier alpha value is -3.43. The highest BCUT2D eigenvalue weighted by Crippen LogP contribution is 2.28. The minimum atomic E-state index is -0.884. The molecule has 3 N–H and O–H groups in total. The van der Waals surface area contributed by atoms with Crippen LogP contribution in [0.15, 0.2) is 18.2 Å². The first-order valence-electron chi connectivity index (χ1n) is 10.5. The van der Waals surface area contributed by atoms with Crippen molar-refractivity contribution in [1.29, 1.82) is 0 Å². The number of rotatable bonds is 8. The lowest BCUT2D eigenvalue weighted by Gasteiger charge is -2.31. The van der Waals surface area contributed by atoms with Gasteiger partial charge < -0.3 is 25.6 Å². The van der Waals surface area contributed by atoms with Crippen LogP contribution in [0.4, 0.5) is 11.4 Å². The van der Waals surface area contributed by atoms with Gasteiger partial charge in [-0.25, -0.2) is 0 Å². The monoisotopic (exact) mass is 446 g/mol. The van der Waals surface area contributed by atoms with Gasteiger partial charge in [0.15, 0.2) is 0 Å². The van der Waals surface area contributed by atoms with Crippen LogP contribution in [0, 0.1) is 5.92 Å². The number of nitrogens with zero attached hydrogens (tertiary/aromatic N) is 1. The van der Waals surface area contributed by atoms with E-state index < -0.39 is 35.8 Å². The van der Waals surface area contributed by atoms with Gasteiger partial charge in [0, 0.05) is 18.7 Å². The number of benzene rings is 1. The minimum absolute atomic E-state index is 0.00939. The fraction of sp³-hybridized carbons (Fsp3) is 0.500. The van der Waals surface area contributed by atoms with E-state index in [0.29, 0.717) is 11.4 Å². The molecule has 1 aromatic rings. The summed E-state index contributed by atoms with van der Waals surface area (Å²) >= 11 is 0. The quantitative estimate of drug-likeness (QED) is 0.519. The first-order valence-corrected chi connectivity index (χ1v) is 10.5. The molecule has 0 spiro atoms. The van der Waals surface area contributed by atoms with Crippen molar-refractivity contribution < 1.29 is 28.7 Å². The van der Waals surface area contributed by atoms with Crippen LogP contribution in [0.5, 0.6) is 0 Å². The average Bonchev–Trinajstić information content (AvgIpc) is 2.76. The SMILES string of the molecule is CCOC(=O)C[C@@H](C)NC(=O)CN1C(=O)c2cc(NC(C)=O)ccc2NC(=O)[C@@H]1C(C)C. The van der Waals surface area contributed by atoms with Gasteiger partial charge in [-0.3, -0.25) is 24.0 Å². The Morgan fingerprint density at radius 2 is 1.88 bits per heavy atom. The van der Waals surface area contributed by atoms with E-state index in [2.05, 4.69) is 16.0 Å². The zero-order valence-electron chi connectivity index (χ0n) is 19.0.